The molecule has 36 heavy (non-hydrogen) atoms. The molecule has 1 aliphatic heterocycles. The van der Waals surface area contributed by atoms with E-state index in [4.69, 9.17) is 18.9 Å². The summed E-state index contributed by atoms with van der Waals surface area (Å²) in [6.07, 6.45) is 0.764. The van der Waals surface area contributed by atoms with Gasteiger partial charge >= 0.3 is 0 Å². The highest BCUT2D eigenvalue weighted by molar-refractivity contribution is 7.93. The van der Waals surface area contributed by atoms with E-state index in [1.807, 2.05) is 13.8 Å². The quantitative estimate of drug-likeness (QED) is 0.372. The van der Waals surface area contributed by atoms with E-state index in [1.54, 1.807) is 38.2 Å². The van der Waals surface area contributed by atoms with E-state index < -0.39 is 27.5 Å². The van der Waals surface area contributed by atoms with Gasteiger partial charge in [0.15, 0.2) is 5.82 Å². The number of nitrogens with one attached hydrogen (secondary N) is 1. The number of sulfonamides is 1. The van der Waals surface area contributed by atoms with Gasteiger partial charge in [0.05, 0.1) is 32.7 Å². The van der Waals surface area contributed by atoms with Crippen molar-refractivity contribution in [3.05, 3.63) is 35.8 Å². The van der Waals surface area contributed by atoms with Crippen LogP contribution in [0.15, 0.2) is 40.0 Å². The Balaban J connectivity index is 2.08. The van der Waals surface area contributed by atoms with E-state index >= 15 is 0 Å². The van der Waals surface area contributed by atoms with Gasteiger partial charge in [0.1, 0.15) is 23.0 Å². The molecule has 0 aliphatic carbocycles. The van der Waals surface area contributed by atoms with Crippen LogP contribution in [0.2, 0.25) is 0 Å². The Hall–Kier alpha value is -3.29. The molecule has 1 aromatic heterocycles. The molecule has 0 bridgehead atoms. The summed E-state index contributed by atoms with van der Waals surface area (Å²) in [4.78, 5) is 8.22. The van der Waals surface area contributed by atoms with Crippen LogP contribution < -0.4 is 14.2 Å². The van der Waals surface area contributed by atoms with Crippen LogP contribution in [0.25, 0.3) is 5.69 Å². The number of allylic oxidation sites excluding steroid dienone is 1. The Morgan fingerprint density at radius 3 is 2.33 bits per heavy atom. The number of nitrogens with zero attached hydrogens (tertiary/aromatic N) is 5. The topological polar surface area (TPSA) is 139 Å². The summed E-state index contributed by atoms with van der Waals surface area (Å²) in [7, 11) is -1.02. The minimum absolute atomic E-state index is 0.0831. The molecule has 0 spiro atoms. The summed E-state index contributed by atoms with van der Waals surface area (Å²) in [6, 6.07) is 5.17. The second-order valence-electron chi connectivity index (χ2n) is 8.29. The van der Waals surface area contributed by atoms with Gasteiger partial charge in [-0.05, 0) is 39.6 Å². The normalized spacial score (nSPS) is 16.3. The van der Waals surface area contributed by atoms with Crippen molar-refractivity contribution < 1.29 is 27.4 Å². The largest absolute Gasteiger partial charge is 0.494 e. The summed E-state index contributed by atoms with van der Waals surface area (Å²) in [5.41, 5.74) is 1.33. The maximum absolute atomic E-state index is 13.5. The molecule has 0 unspecified atom stereocenters. The molecule has 2 heterocycles. The van der Waals surface area contributed by atoms with Gasteiger partial charge in [-0.2, -0.15) is 0 Å². The SMILES string of the molecule is C=NC(=NC=C(C)C)[C@@H](C)[C@H](C)S(=O)(=O)Nc1nnc(C2OCCO2)n1-c1c(OC)cccc1OC. The Kier molecular flexibility index (Phi) is 8.82. The fourth-order valence-corrected chi connectivity index (χ4v) is 4.72. The zero-order valence-corrected chi connectivity index (χ0v) is 22.1. The number of hydrogen-bond acceptors (Lipinski definition) is 9. The van der Waals surface area contributed by atoms with E-state index in [0.29, 0.717) is 36.2 Å². The fourth-order valence-electron chi connectivity index (χ4n) is 3.49. The number of aromatic nitrogens is 3. The number of aliphatic imine (C=N–C) groups is 2. The number of amidine groups is 1. The van der Waals surface area contributed by atoms with Crippen molar-refractivity contribution in [1.29, 1.82) is 0 Å². The first-order valence-electron chi connectivity index (χ1n) is 11.2. The molecule has 1 fully saturated rings. The molecule has 2 aromatic rings. The van der Waals surface area contributed by atoms with Crippen molar-refractivity contribution in [3.63, 3.8) is 0 Å². The third kappa shape index (κ3) is 5.74. The van der Waals surface area contributed by atoms with E-state index in [9.17, 15) is 8.42 Å². The van der Waals surface area contributed by atoms with Crippen molar-refractivity contribution in [1.82, 2.24) is 14.8 Å². The number of rotatable bonds is 10. The van der Waals surface area contributed by atoms with Crippen LogP contribution in [0, 0.1) is 5.92 Å². The van der Waals surface area contributed by atoms with E-state index in [1.165, 1.54) is 18.8 Å². The first-order valence-corrected chi connectivity index (χ1v) is 12.8. The zero-order chi connectivity index (χ0) is 26.5. The van der Waals surface area contributed by atoms with Gasteiger partial charge in [-0.3, -0.25) is 9.29 Å². The van der Waals surface area contributed by atoms with Gasteiger partial charge in [-0.25, -0.2) is 18.4 Å². The fraction of sp³-hybridized carbons (Fsp3) is 0.478. The Morgan fingerprint density at radius 2 is 1.81 bits per heavy atom. The number of ether oxygens (including phenoxy) is 4. The second-order valence-corrected chi connectivity index (χ2v) is 10.3. The van der Waals surface area contributed by atoms with E-state index in [-0.39, 0.29) is 11.8 Å². The molecule has 1 aliphatic rings. The highest BCUT2D eigenvalue weighted by Gasteiger charge is 2.34. The van der Waals surface area contributed by atoms with Crippen LogP contribution in [0.3, 0.4) is 0 Å². The number of para-hydroxylation sites is 1. The lowest BCUT2D eigenvalue weighted by atomic mass is 10.1. The van der Waals surface area contributed by atoms with Crippen LogP contribution >= 0.6 is 0 Å². The number of benzene rings is 1. The predicted octanol–water partition coefficient (Wildman–Crippen LogP) is 3.12. The van der Waals surface area contributed by atoms with Gasteiger partial charge in [-0.15, -0.1) is 10.2 Å². The first-order chi connectivity index (χ1) is 17.1. The van der Waals surface area contributed by atoms with Gasteiger partial charge in [-0.1, -0.05) is 18.6 Å². The standard InChI is InChI=1S/C23H32N6O6S/c1-14(2)13-25-20(24-5)15(3)16(4)36(30,31)28-23-27-26-21(22-34-11-12-35-22)29(23)19-17(32-6)9-8-10-18(19)33-7/h8-10,13,15-16,22H,5,11-12H2,1-4,6-7H3,(H,27,28)/t15-,16-/m0/s1. The van der Waals surface area contributed by atoms with Crippen LogP contribution in [0.1, 0.15) is 39.8 Å². The maximum Gasteiger partial charge on any atom is 0.243 e. The predicted molar refractivity (Wildman–Crippen MR) is 137 cm³/mol. The van der Waals surface area contributed by atoms with Gasteiger partial charge < -0.3 is 18.9 Å². The lowest BCUT2D eigenvalue weighted by Crippen LogP contribution is -2.35. The molecule has 1 N–H and O–H groups in total. The summed E-state index contributed by atoms with van der Waals surface area (Å²) < 4.78 is 53.3. The molecule has 1 saturated heterocycles. The van der Waals surface area contributed by atoms with Crippen molar-refractivity contribution >= 4 is 28.5 Å². The summed E-state index contributed by atoms with van der Waals surface area (Å²) in [5, 5.41) is 7.35. The third-order valence-electron chi connectivity index (χ3n) is 5.60. The smallest absolute Gasteiger partial charge is 0.243 e. The molecular formula is C23H32N6O6S. The summed E-state index contributed by atoms with van der Waals surface area (Å²) >= 11 is 0. The third-order valence-corrected chi connectivity index (χ3v) is 7.45. The monoisotopic (exact) mass is 520 g/mol. The minimum atomic E-state index is -4.01. The van der Waals surface area contributed by atoms with Crippen molar-refractivity contribution in [3.8, 4) is 17.2 Å². The molecule has 0 amide bonds. The Morgan fingerprint density at radius 1 is 1.19 bits per heavy atom. The number of hydrogen-bond donors (Lipinski definition) is 1. The summed E-state index contributed by atoms with van der Waals surface area (Å²) in [6.45, 7) is 11.3. The second kappa shape index (κ2) is 11.6. The lowest BCUT2D eigenvalue weighted by Gasteiger charge is -2.22. The maximum atomic E-state index is 13.5. The van der Waals surface area contributed by atoms with Crippen molar-refractivity contribution in [2.75, 3.05) is 32.2 Å². The van der Waals surface area contributed by atoms with Gasteiger partial charge in [0.2, 0.25) is 22.3 Å². The number of anilines is 1. The molecule has 1 aromatic carbocycles. The van der Waals surface area contributed by atoms with Crippen LogP contribution in [-0.2, 0) is 19.5 Å². The number of methoxy groups -OCH3 is 2. The van der Waals surface area contributed by atoms with Crippen molar-refractivity contribution in [2.24, 2.45) is 15.9 Å². The molecular weight excluding hydrogens is 488 g/mol. The molecule has 0 saturated carbocycles. The van der Waals surface area contributed by atoms with Gasteiger partial charge in [0.25, 0.3) is 0 Å². The van der Waals surface area contributed by atoms with E-state index in [0.717, 1.165) is 5.57 Å². The molecule has 12 nitrogen and oxygen atoms in total. The van der Waals surface area contributed by atoms with Crippen LogP contribution in [-0.4, -0.2) is 68.4 Å². The van der Waals surface area contributed by atoms with Crippen LogP contribution in [0.4, 0.5) is 5.95 Å². The average molecular weight is 521 g/mol. The first kappa shape index (κ1) is 27.3. The molecule has 2 atom stereocenters. The molecule has 13 heteroatoms. The highest BCUT2D eigenvalue weighted by Crippen LogP contribution is 2.38. The Labute approximate surface area is 211 Å². The zero-order valence-electron chi connectivity index (χ0n) is 21.3. The van der Waals surface area contributed by atoms with Gasteiger partial charge in [0, 0.05) is 12.1 Å². The highest BCUT2D eigenvalue weighted by atomic mass is 32.2. The molecule has 196 valence electrons. The Bertz CT molecular complexity index is 1220. The van der Waals surface area contributed by atoms with Crippen LogP contribution in [0.5, 0.6) is 11.5 Å². The molecule has 3 rings (SSSR count). The van der Waals surface area contributed by atoms with Crippen molar-refractivity contribution in [2.45, 2.75) is 39.2 Å². The average Bonchev–Trinajstić information content (AvgIpc) is 3.52. The van der Waals surface area contributed by atoms with E-state index in [2.05, 4.69) is 31.6 Å². The minimum Gasteiger partial charge on any atom is -0.494 e. The lowest BCUT2D eigenvalue weighted by molar-refractivity contribution is -0.0518. The molecule has 0 radical (unpaired) electrons. The summed E-state index contributed by atoms with van der Waals surface area (Å²) in [5.74, 6) is 0.682.